The second-order valence-corrected chi connectivity index (χ2v) is 8.35. The van der Waals surface area contributed by atoms with Gasteiger partial charge in [0.05, 0.1) is 5.75 Å². The number of amides is 1. The molecule has 0 aromatic rings. The molecule has 2 fully saturated rings. The van der Waals surface area contributed by atoms with Gasteiger partial charge in [-0.15, -0.1) is 0 Å². The van der Waals surface area contributed by atoms with Crippen LogP contribution in [0, 0.1) is 0 Å². The van der Waals surface area contributed by atoms with Crippen molar-refractivity contribution in [3.63, 3.8) is 0 Å². The van der Waals surface area contributed by atoms with Crippen molar-refractivity contribution in [1.82, 2.24) is 9.80 Å². The summed E-state index contributed by atoms with van der Waals surface area (Å²) >= 11 is 1.81. The van der Waals surface area contributed by atoms with Crippen LogP contribution in [0.5, 0.6) is 0 Å². The second kappa shape index (κ2) is 9.82. The summed E-state index contributed by atoms with van der Waals surface area (Å²) in [5.74, 6) is 2.16. The molecule has 0 heterocycles. The number of carbonyl (C=O) groups is 1. The van der Waals surface area contributed by atoms with E-state index in [0.29, 0.717) is 23.7 Å². The van der Waals surface area contributed by atoms with Crippen LogP contribution < -0.4 is 0 Å². The van der Waals surface area contributed by atoms with E-state index in [1.165, 1.54) is 64.2 Å². The van der Waals surface area contributed by atoms with Gasteiger partial charge in [0.1, 0.15) is 0 Å². The van der Waals surface area contributed by atoms with Crippen molar-refractivity contribution in [2.75, 3.05) is 32.1 Å². The Morgan fingerprint density at radius 1 is 0.909 bits per heavy atom. The molecule has 0 aliphatic heterocycles. The molecule has 2 aliphatic carbocycles. The lowest BCUT2D eigenvalue weighted by Gasteiger charge is -2.41. The molecular weight excluding hydrogens is 292 g/mol. The van der Waals surface area contributed by atoms with Gasteiger partial charge in [0.25, 0.3) is 0 Å². The van der Waals surface area contributed by atoms with Crippen LogP contribution >= 0.6 is 11.8 Å². The summed E-state index contributed by atoms with van der Waals surface area (Å²) in [7, 11) is 4.19. The van der Waals surface area contributed by atoms with Crippen LogP contribution in [0.3, 0.4) is 0 Å². The van der Waals surface area contributed by atoms with Crippen LogP contribution in [0.1, 0.15) is 64.2 Å². The molecule has 0 aromatic heterocycles. The first-order chi connectivity index (χ1) is 10.7. The molecule has 128 valence electrons. The third-order valence-electron chi connectivity index (χ3n) is 5.13. The lowest BCUT2D eigenvalue weighted by atomic mass is 9.88. The Balaban J connectivity index is 1.88. The molecular formula is C18H34N2OS. The summed E-state index contributed by atoms with van der Waals surface area (Å²) in [6.45, 7) is 1.06. The summed E-state index contributed by atoms with van der Waals surface area (Å²) in [6.07, 6.45) is 12.9. The van der Waals surface area contributed by atoms with Crippen LogP contribution in [0.25, 0.3) is 0 Å². The molecule has 3 nitrogen and oxygen atoms in total. The molecule has 1 amide bonds. The van der Waals surface area contributed by atoms with Crippen LogP contribution in [0.2, 0.25) is 0 Å². The van der Waals surface area contributed by atoms with Gasteiger partial charge in [0.2, 0.25) is 5.91 Å². The molecule has 0 atom stereocenters. The van der Waals surface area contributed by atoms with E-state index in [1.807, 2.05) is 11.8 Å². The summed E-state index contributed by atoms with van der Waals surface area (Å²) in [5.41, 5.74) is 0. The van der Waals surface area contributed by atoms with Gasteiger partial charge in [-0.25, -0.2) is 0 Å². The van der Waals surface area contributed by atoms with Crippen LogP contribution in [-0.2, 0) is 4.79 Å². The van der Waals surface area contributed by atoms with E-state index in [9.17, 15) is 4.79 Å². The molecule has 0 N–H and O–H groups in total. The highest BCUT2D eigenvalue weighted by Gasteiger charge is 2.31. The third kappa shape index (κ3) is 5.77. The van der Waals surface area contributed by atoms with Gasteiger partial charge in [-0.1, -0.05) is 38.5 Å². The molecule has 2 aliphatic rings. The quantitative estimate of drug-likeness (QED) is 0.665. The summed E-state index contributed by atoms with van der Waals surface area (Å²) < 4.78 is 0. The SMILES string of the molecule is CN(C)CCSCC(=O)N(C1CCCCC1)C1CCCCC1. The molecule has 4 heteroatoms. The van der Waals surface area contributed by atoms with Crippen molar-refractivity contribution in [1.29, 1.82) is 0 Å². The summed E-state index contributed by atoms with van der Waals surface area (Å²) in [4.78, 5) is 17.4. The van der Waals surface area contributed by atoms with Gasteiger partial charge in [-0.2, -0.15) is 11.8 Å². The van der Waals surface area contributed by atoms with E-state index in [4.69, 9.17) is 0 Å². The van der Waals surface area contributed by atoms with Crippen molar-refractivity contribution in [3.05, 3.63) is 0 Å². The van der Waals surface area contributed by atoms with Gasteiger partial charge in [-0.3, -0.25) is 4.79 Å². The number of nitrogens with zero attached hydrogens (tertiary/aromatic N) is 2. The van der Waals surface area contributed by atoms with Crippen molar-refractivity contribution >= 4 is 17.7 Å². The lowest BCUT2D eigenvalue weighted by Crippen LogP contribution is -2.49. The number of thioether (sulfide) groups is 1. The first-order valence-electron chi connectivity index (χ1n) is 9.22. The van der Waals surface area contributed by atoms with Crippen molar-refractivity contribution < 1.29 is 4.79 Å². The van der Waals surface area contributed by atoms with E-state index < -0.39 is 0 Å². The zero-order chi connectivity index (χ0) is 15.8. The fraction of sp³-hybridized carbons (Fsp3) is 0.944. The molecule has 2 rings (SSSR count). The predicted octanol–water partition coefficient (Wildman–Crippen LogP) is 3.78. The molecule has 2 saturated carbocycles. The number of hydrogen-bond acceptors (Lipinski definition) is 3. The number of carbonyl (C=O) groups excluding carboxylic acids is 1. The Bertz CT molecular complexity index is 305. The second-order valence-electron chi connectivity index (χ2n) is 7.24. The maximum absolute atomic E-state index is 12.9. The molecule has 0 bridgehead atoms. The van der Waals surface area contributed by atoms with E-state index in [-0.39, 0.29) is 0 Å². The first-order valence-corrected chi connectivity index (χ1v) is 10.4. The molecule has 0 unspecified atom stereocenters. The van der Waals surface area contributed by atoms with Crippen LogP contribution in [0.15, 0.2) is 0 Å². The Morgan fingerprint density at radius 2 is 1.41 bits per heavy atom. The van der Waals surface area contributed by atoms with Gasteiger partial charge in [0, 0.05) is 24.4 Å². The Labute approximate surface area is 141 Å². The minimum Gasteiger partial charge on any atom is -0.336 e. The molecule has 0 radical (unpaired) electrons. The minimum atomic E-state index is 0.419. The van der Waals surface area contributed by atoms with Gasteiger partial charge in [-0.05, 0) is 39.8 Å². The van der Waals surface area contributed by atoms with Crippen LogP contribution in [-0.4, -0.2) is 59.9 Å². The van der Waals surface area contributed by atoms with E-state index in [2.05, 4.69) is 23.9 Å². The fourth-order valence-electron chi connectivity index (χ4n) is 3.90. The molecule has 0 spiro atoms. The maximum Gasteiger partial charge on any atom is 0.233 e. The highest BCUT2D eigenvalue weighted by molar-refractivity contribution is 7.99. The Kier molecular flexibility index (Phi) is 8.09. The normalized spacial score (nSPS) is 21.2. The Morgan fingerprint density at radius 3 is 1.86 bits per heavy atom. The highest BCUT2D eigenvalue weighted by Crippen LogP contribution is 2.30. The number of hydrogen-bond donors (Lipinski definition) is 0. The van der Waals surface area contributed by atoms with E-state index >= 15 is 0 Å². The largest absolute Gasteiger partial charge is 0.336 e. The molecule has 0 saturated heterocycles. The zero-order valence-electron chi connectivity index (χ0n) is 14.6. The monoisotopic (exact) mass is 326 g/mol. The lowest BCUT2D eigenvalue weighted by molar-refractivity contribution is -0.135. The summed E-state index contributed by atoms with van der Waals surface area (Å²) in [6, 6.07) is 1.08. The average Bonchev–Trinajstić information content (AvgIpc) is 2.54. The van der Waals surface area contributed by atoms with Gasteiger partial charge < -0.3 is 9.80 Å². The zero-order valence-corrected chi connectivity index (χ0v) is 15.4. The number of rotatable bonds is 7. The standard InChI is InChI=1S/C18H34N2OS/c1-19(2)13-14-22-15-18(21)20(16-9-5-3-6-10-16)17-11-7-4-8-12-17/h16-17H,3-15H2,1-2H3. The van der Waals surface area contributed by atoms with E-state index in [0.717, 1.165) is 12.3 Å². The van der Waals surface area contributed by atoms with Crippen molar-refractivity contribution in [2.45, 2.75) is 76.3 Å². The predicted molar refractivity (Wildman–Crippen MR) is 96.5 cm³/mol. The van der Waals surface area contributed by atoms with Crippen LogP contribution in [0.4, 0.5) is 0 Å². The van der Waals surface area contributed by atoms with Gasteiger partial charge >= 0.3 is 0 Å². The van der Waals surface area contributed by atoms with Crippen molar-refractivity contribution in [2.24, 2.45) is 0 Å². The molecule has 22 heavy (non-hydrogen) atoms. The topological polar surface area (TPSA) is 23.6 Å². The summed E-state index contributed by atoms with van der Waals surface area (Å²) in [5, 5.41) is 0. The average molecular weight is 327 g/mol. The first kappa shape index (κ1) is 18.1. The Hall–Kier alpha value is -0.220. The maximum atomic E-state index is 12.9. The van der Waals surface area contributed by atoms with Gasteiger partial charge in [0.15, 0.2) is 0 Å². The van der Waals surface area contributed by atoms with Crippen molar-refractivity contribution in [3.8, 4) is 0 Å². The highest BCUT2D eigenvalue weighted by atomic mass is 32.2. The molecule has 0 aromatic carbocycles. The fourth-order valence-corrected chi connectivity index (χ4v) is 4.87. The smallest absolute Gasteiger partial charge is 0.233 e. The minimum absolute atomic E-state index is 0.419. The third-order valence-corrected chi connectivity index (χ3v) is 6.05. The van der Waals surface area contributed by atoms with E-state index in [1.54, 1.807) is 0 Å².